The number of aliphatic carboxylic acids is 1. The van der Waals surface area contributed by atoms with Crippen LogP contribution in [0.4, 0.5) is 4.79 Å². The number of nitrogens with one attached hydrogen (secondary N) is 1. The highest BCUT2D eigenvalue weighted by atomic mass is 16.5. The minimum Gasteiger partial charge on any atom is -0.479 e. The van der Waals surface area contributed by atoms with Gasteiger partial charge < -0.3 is 20.1 Å². The molecular weight excluding hydrogens is 284 g/mol. The van der Waals surface area contributed by atoms with Crippen LogP contribution in [0, 0.1) is 16.7 Å². The monoisotopic (exact) mass is 310 g/mol. The van der Waals surface area contributed by atoms with E-state index in [0.717, 1.165) is 12.8 Å². The van der Waals surface area contributed by atoms with Crippen molar-refractivity contribution in [3.8, 4) is 0 Å². The molecular formula is C16H26N2O4. The Hall–Kier alpha value is -1.30. The van der Waals surface area contributed by atoms with Crippen LogP contribution in [-0.4, -0.2) is 53.8 Å². The number of ether oxygens (including phenoxy) is 1. The second-order valence-corrected chi connectivity index (χ2v) is 8.02. The van der Waals surface area contributed by atoms with Crippen LogP contribution in [-0.2, 0) is 9.53 Å². The number of carboxylic acids is 1. The van der Waals surface area contributed by atoms with E-state index in [1.54, 1.807) is 0 Å². The zero-order valence-corrected chi connectivity index (χ0v) is 13.6. The van der Waals surface area contributed by atoms with Crippen molar-refractivity contribution in [2.45, 2.75) is 45.6 Å². The number of carbonyl (C=O) groups excluding carboxylic acids is 1. The van der Waals surface area contributed by atoms with Gasteiger partial charge in [-0.2, -0.15) is 0 Å². The number of nitrogens with zero attached hydrogens (tertiary/aromatic N) is 1. The smallest absolute Gasteiger partial charge is 0.332 e. The Morgan fingerprint density at radius 2 is 2.00 bits per heavy atom. The molecule has 3 atom stereocenters. The first-order chi connectivity index (χ1) is 10.2. The van der Waals surface area contributed by atoms with Crippen LogP contribution >= 0.6 is 0 Å². The zero-order chi connectivity index (χ0) is 16.2. The lowest BCUT2D eigenvalue weighted by Crippen LogP contribution is -2.62. The Bertz CT molecular complexity index is 498. The molecule has 6 heteroatoms. The molecule has 2 aliphatic heterocycles. The van der Waals surface area contributed by atoms with Crippen molar-refractivity contribution >= 4 is 12.0 Å². The van der Waals surface area contributed by atoms with Gasteiger partial charge in [-0.3, -0.25) is 0 Å². The van der Waals surface area contributed by atoms with E-state index in [1.807, 2.05) is 4.90 Å². The van der Waals surface area contributed by atoms with Gasteiger partial charge in [0.25, 0.3) is 0 Å². The number of carbonyl (C=O) groups is 2. The molecule has 2 bridgehead atoms. The van der Waals surface area contributed by atoms with Crippen molar-refractivity contribution in [1.29, 1.82) is 0 Å². The molecule has 3 fully saturated rings. The van der Waals surface area contributed by atoms with Crippen LogP contribution in [0.5, 0.6) is 0 Å². The number of urea groups is 1. The summed E-state index contributed by atoms with van der Waals surface area (Å²) in [6, 6.07) is -0.262. The Morgan fingerprint density at radius 3 is 2.55 bits per heavy atom. The average molecular weight is 310 g/mol. The fourth-order valence-electron chi connectivity index (χ4n) is 4.35. The molecule has 0 aromatic heterocycles. The van der Waals surface area contributed by atoms with Crippen LogP contribution in [0.15, 0.2) is 0 Å². The summed E-state index contributed by atoms with van der Waals surface area (Å²) in [4.78, 5) is 26.0. The first kappa shape index (κ1) is 15.6. The van der Waals surface area contributed by atoms with Gasteiger partial charge in [-0.05, 0) is 29.6 Å². The van der Waals surface area contributed by atoms with Gasteiger partial charge in [0, 0.05) is 26.1 Å². The second-order valence-electron chi connectivity index (χ2n) is 8.02. The van der Waals surface area contributed by atoms with E-state index in [2.05, 4.69) is 26.1 Å². The number of rotatable bonds is 2. The van der Waals surface area contributed by atoms with Gasteiger partial charge in [0.15, 0.2) is 5.54 Å². The molecule has 0 radical (unpaired) electrons. The predicted octanol–water partition coefficient (Wildman–Crippen LogP) is 1.70. The van der Waals surface area contributed by atoms with Gasteiger partial charge in [-0.15, -0.1) is 0 Å². The number of amides is 2. The Morgan fingerprint density at radius 1 is 1.27 bits per heavy atom. The van der Waals surface area contributed by atoms with Crippen molar-refractivity contribution in [3.63, 3.8) is 0 Å². The van der Waals surface area contributed by atoms with Gasteiger partial charge >= 0.3 is 12.0 Å². The average Bonchev–Trinajstić information content (AvgIpc) is 2.91. The third-order valence-corrected chi connectivity index (χ3v) is 6.67. The summed E-state index contributed by atoms with van der Waals surface area (Å²) in [5.41, 5.74) is -0.926. The largest absolute Gasteiger partial charge is 0.479 e. The normalized spacial score (nSPS) is 39.8. The molecule has 1 unspecified atom stereocenters. The lowest BCUT2D eigenvalue weighted by atomic mass is 9.63. The fraction of sp³-hybridized carbons (Fsp3) is 0.875. The van der Waals surface area contributed by atoms with Crippen molar-refractivity contribution in [2.75, 3.05) is 26.3 Å². The highest BCUT2D eigenvalue weighted by Crippen LogP contribution is 2.58. The second kappa shape index (κ2) is 4.85. The summed E-state index contributed by atoms with van der Waals surface area (Å²) in [6.45, 7) is 8.67. The Balaban J connectivity index is 1.73. The highest BCUT2D eigenvalue weighted by molar-refractivity contribution is 5.86. The minimum atomic E-state index is -1.26. The lowest BCUT2D eigenvalue weighted by molar-refractivity contribution is -0.144. The molecule has 0 aromatic rings. The molecule has 22 heavy (non-hydrogen) atoms. The number of carboxylic acid groups (broad SMARTS) is 1. The maximum atomic E-state index is 12.6. The van der Waals surface area contributed by atoms with Crippen LogP contribution < -0.4 is 5.32 Å². The summed E-state index contributed by atoms with van der Waals surface area (Å²) in [5, 5.41) is 12.2. The Kier molecular flexibility index (Phi) is 3.43. The lowest BCUT2D eigenvalue weighted by Gasteiger charge is -2.50. The molecule has 2 heterocycles. The SMILES string of the molecule is CC1(C)[C@@H]2CC[C@@]1(C)CN(C(=O)NC1(C(=O)O)CCOC1)C2. The molecule has 3 rings (SSSR count). The van der Waals surface area contributed by atoms with Gasteiger partial charge in [0.1, 0.15) is 0 Å². The quantitative estimate of drug-likeness (QED) is 0.813. The first-order valence-corrected chi connectivity index (χ1v) is 8.08. The zero-order valence-electron chi connectivity index (χ0n) is 13.6. The first-order valence-electron chi connectivity index (χ1n) is 8.08. The third-order valence-electron chi connectivity index (χ3n) is 6.67. The van der Waals surface area contributed by atoms with Gasteiger partial charge in [0.05, 0.1) is 6.61 Å². The standard InChI is InChI=1S/C16H26N2O4/c1-14(2)11-4-5-15(14,3)9-18(8-11)13(21)17-16(12(19)20)6-7-22-10-16/h11H,4-10H2,1-3H3,(H,17,21)(H,19,20)/t11-,15+,16?/m1/s1. The Labute approximate surface area is 131 Å². The molecule has 1 aliphatic carbocycles. The molecule has 0 aromatic carbocycles. The fourth-order valence-corrected chi connectivity index (χ4v) is 4.35. The third kappa shape index (κ3) is 2.11. The molecule has 2 saturated heterocycles. The molecule has 6 nitrogen and oxygen atoms in total. The number of piperidine rings is 1. The summed E-state index contributed by atoms with van der Waals surface area (Å²) in [7, 11) is 0. The maximum Gasteiger partial charge on any atom is 0.332 e. The van der Waals surface area contributed by atoms with Crippen LogP contribution in [0.3, 0.4) is 0 Å². The van der Waals surface area contributed by atoms with E-state index in [-0.39, 0.29) is 23.5 Å². The molecule has 1 saturated carbocycles. The summed E-state index contributed by atoms with van der Waals surface area (Å²) < 4.78 is 5.20. The van der Waals surface area contributed by atoms with Gasteiger partial charge in [-0.25, -0.2) is 9.59 Å². The maximum absolute atomic E-state index is 12.6. The molecule has 3 aliphatic rings. The van der Waals surface area contributed by atoms with Crippen molar-refractivity contribution in [2.24, 2.45) is 16.7 Å². The number of hydrogen-bond donors (Lipinski definition) is 2. The van der Waals surface area contributed by atoms with E-state index in [0.29, 0.717) is 32.0 Å². The van der Waals surface area contributed by atoms with E-state index in [9.17, 15) is 14.7 Å². The van der Waals surface area contributed by atoms with Crippen LogP contribution in [0.1, 0.15) is 40.0 Å². The van der Waals surface area contributed by atoms with Crippen LogP contribution in [0.25, 0.3) is 0 Å². The van der Waals surface area contributed by atoms with Crippen molar-refractivity contribution in [3.05, 3.63) is 0 Å². The molecule has 0 spiro atoms. The van der Waals surface area contributed by atoms with Gasteiger partial charge in [0.2, 0.25) is 0 Å². The van der Waals surface area contributed by atoms with Crippen LogP contribution in [0.2, 0.25) is 0 Å². The van der Waals surface area contributed by atoms with E-state index in [1.165, 1.54) is 0 Å². The summed E-state index contributed by atoms with van der Waals surface area (Å²) in [6.07, 6.45) is 2.59. The molecule has 2 amide bonds. The predicted molar refractivity (Wildman–Crippen MR) is 80.5 cm³/mol. The van der Waals surface area contributed by atoms with Crippen molar-refractivity contribution in [1.82, 2.24) is 10.2 Å². The summed E-state index contributed by atoms with van der Waals surface area (Å²) >= 11 is 0. The van der Waals surface area contributed by atoms with Gasteiger partial charge in [-0.1, -0.05) is 20.8 Å². The number of hydrogen-bond acceptors (Lipinski definition) is 3. The number of fused-ring (bicyclic) bond motifs is 2. The minimum absolute atomic E-state index is 0.0497. The molecule has 2 N–H and O–H groups in total. The van der Waals surface area contributed by atoms with Crippen molar-refractivity contribution < 1.29 is 19.4 Å². The van der Waals surface area contributed by atoms with E-state index >= 15 is 0 Å². The van der Waals surface area contributed by atoms with E-state index < -0.39 is 11.5 Å². The topological polar surface area (TPSA) is 78.9 Å². The summed E-state index contributed by atoms with van der Waals surface area (Å²) in [5.74, 6) is -0.525. The highest BCUT2D eigenvalue weighted by Gasteiger charge is 2.56. The van der Waals surface area contributed by atoms with E-state index in [4.69, 9.17) is 4.74 Å². The number of likely N-dealkylation sites (tertiary alicyclic amines) is 1. The molecule has 124 valence electrons.